The first kappa shape index (κ1) is 13.2. The first-order valence-electron chi connectivity index (χ1n) is 6.09. The molecule has 0 aromatic carbocycles. The van der Waals surface area contributed by atoms with Crippen LogP contribution in [0.4, 0.5) is 5.69 Å². The summed E-state index contributed by atoms with van der Waals surface area (Å²) in [6, 6.07) is 1.92. The van der Waals surface area contributed by atoms with Gasteiger partial charge in [-0.25, -0.2) is 4.63 Å². The van der Waals surface area contributed by atoms with E-state index in [0.717, 1.165) is 5.56 Å². The van der Waals surface area contributed by atoms with Crippen LogP contribution >= 0.6 is 0 Å². The van der Waals surface area contributed by atoms with Crippen molar-refractivity contribution >= 4 is 11.6 Å². The van der Waals surface area contributed by atoms with Gasteiger partial charge in [0, 0.05) is 6.20 Å². The van der Waals surface area contributed by atoms with Crippen molar-refractivity contribution < 1.29 is 9.42 Å². The lowest BCUT2D eigenvalue weighted by Gasteiger charge is -2.08. The van der Waals surface area contributed by atoms with Crippen LogP contribution in [-0.4, -0.2) is 21.2 Å². The molecule has 0 radical (unpaired) electrons. The number of aromatic nitrogens is 3. The zero-order valence-electron chi connectivity index (χ0n) is 11.2. The number of nitrogens with one attached hydrogen (secondary N) is 1. The summed E-state index contributed by atoms with van der Waals surface area (Å²) in [7, 11) is 0. The molecule has 2 rings (SSSR count). The van der Waals surface area contributed by atoms with E-state index < -0.39 is 0 Å². The van der Waals surface area contributed by atoms with Gasteiger partial charge in [0.15, 0.2) is 0 Å². The normalized spacial score (nSPS) is 10.7. The van der Waals surface area contributed by atoms with Crippen LogP contribution in [0.5, 0.6) is 0 Å². The molecule has 0 aliphatic rings. The summed E-state index contributed by atoms with van der Waals surface area (Å²) in [6.45, 7) is 5.90. The molecule has 0 fully saturated rings. The minimum atomic E-state index is -0.165. The summed E-state index contributed by atoms with van der Waals surface area (Å²) in [5.74, 6) is 0.202. The van der Waals surface area contributed by atoms with E-state index in [1.165, 1.54) is 0 Å². The van der Waals surface area contributed by atoms with Crippen LogP contribution in [0.15, 0.2) is 23.1 Å². The largest absolute Gasteiger partial charge is 0.324 e. The summed E-state index contributed by atoms with van der Waals surface area (Å²) >= 11 is 0. The molecule has 2 heterocycles. The Labute approximate surface area is 111 Å². The lowest BCUT2D eigenvalue weighted by Crippen LogP contribution is -2.15. The fourth-order valence-electron chi connectivity index (χ4n) is 1.61. The van der Waals surface area contributed by atoms with Crippen molar-refractivity contribution in [3.05, 3.63) is 35.4 Å². The molecule has 19 heavy (non-hydrogen) atoms. The fraction of sp³-hybridized carbons (Fsp3) is 0.385. The van der Waals surface area contributed by atoms with Crippen molar-refractivity contribution in [1.29, 1.82) is 0 Å². The van der Waals surface area contributed by atoms with Crippen LogP contribution in [0.3, 0.4) is 0 Å². The Morgan fingerprint density at radius 1 is 1.37 bits per heavy atom. The molecule has 0 atom stereocenters. The van der Waals surface area contributed by atoms with Crippen molar-refractivity contribution in [2.24, 2.45) is 0 Å². The van der Waals surface area contributed by atoms with Gasteiger partial charge < -0.3 is 5.32 Å². The molecule has 0 aliphatic heterocycles. The summed E-state index contributed by atoms with van der Waals surface area (Å²) < 4.78 is 4.55. The van der Waals surface area contributed by atoms with E-state index >= 15 is 0 Å². The monoisotopic (exact) mass is 260 g/mol. The zero-order valence-corrected chi connectivity index (χ0v) is 11.2. The molecule has 6 heteroatoms. The average molecular weight is 260 g/mol. The molecule has 0 bridgehead atoms. The highest BCUT2D eigenvalue weighted by Gasteiger charge is 2.11. The molecule has 0 unspecified atom stereocenters. The minimum Gasteiger partial charge on any atom is -0.324 e. The molecule has 0 saturated heterocycles. The van der Waals surface area contributed by atoms with Crippen LogP contribution in [0.2, 0.25) is 0 Å². The molecule has 0 aliphatic carbocycles. The van der Waals surface area contributed by atoms with Crippen LogP contribution in [0, 0.1) is 6.92 Å². The minimum absolute atomic E-state index is 0.140. The average Bonchev–Trinajstić information content (AvgIpc) is 2.75. The van der Waals surface area contributed by atoms with E-state index in [-0.39, 0.29) is 12.3 Å². The quantitative estimate of drug-likeness (QED) is 0.910. The van der Waals surface area contributed by atoms with Gasteiger partial charge in [0.1, 0.15) is 11.4 Å². The lowest BCUT2D eigenvalue weighted by atomic mass is 10.1. The van der Waals surface area contributed by atoms with Gasteiger partial charge >= 0.3 is 0 Å². The Kier molecular flexibility index (Phi) is 3.89. The van der Waals surface area contributed by atoms with E-state index in [0.29, 0.717) is 23.0 Å². The summed E-state index contributed by atoms with van der Waals surface area (Å²) in [5.41, 5.74) is 2.94. The van der Waals surface area contributed by atoms with E-state index in [1.807, 2.05) is 6.07 Å². The Bertz CT molecular complexity index is 578. The molecule has 0 spiro atoms. The first-order chi connectivity index (χ1) is 9.06. The van der Waals surface area contributed by atoms with Crippen molar-refractivity contribution in [2.45, 2.75) is 33.1 Å². The van der Waals surface area contributed by atoms with E-state index in [2.05, 4.69) is 39.1 Å². The molecular weight excluding hydrogens is 244 g/mol. The Hall–Kier alpha value is -2.24. The van der Waals surface area contributed by atoms with Crippen molar-refractivity contribution in [2.75, 3.05) is 5.32 Å². The molecule has 100 valence electrons. The van der Waals surface area contributed by atoms with E-state index in [4.69, 9.17) is 0 Å². The second-order valence-corrected chi connectivity index (χ2v) is 4.68. The summed E-state index contributed by atoms with van der Waals surface area (Å²) in [5, 5.41) is 10.1. The smallest absolute Gasteiger partial charge is 0.230 e. The number of pyridine rings is 1. The second-order valence-electron chi connectivity index (χ2n) is 4.68. The summed E-state index contributed by atoms with van der Waals surface area (Å²) in [6.07, 6.45) is 3.56. The highest BCUT2D eigenvalue weighted by Crippen LogP contribution is 2.17. The van der Waals surface area contributed by atoms with Gasteiger partial charge in [-0.3, -0.25) is 9.78 Å². The lowest BCUT2D eigenvalue weighted by molar-refractivity contribution is -0.115. The van der Waals surface area contributed by atoms with Crippen molar-refractivity contribution in [3.8, 4) is 0 Å². The predicted octanol–water partition coefficient (Wildman–Crippen LogP) is 2.08. The highest BCUT2D eigenvalue weighted by atomic mass is 16.6. The Morgan fingerprint density at radius 2 is 2.16 bits per heavy atom. The van der Waals surface area contributed by atoms with Crippen molar-refractivity contribution in [3.63, 3.8) is 0 Å². The molecular formula is C13H16N4O2. The topological polar surface area (TPSA) is 80.9 Å². The number of amides is 1. The molecule has 1 amide bonds. The Balaban J connectivity index is 2.03. The molecule has 1 N–H and O–H groups in total. The third kappa shape index (κ3) is 3.37. The third-order valence-electron chi connectivity index (χ3n) is 2.78. The van der Waals surface area contributed by atoms with Crippen LogP contribution in [0.25, 0.3) is 0 Å². The number of rotatable bonds is 4. The standard InChI is InChI=1S/C13H16N4O2/c1-8(2)10-4-11(7-14-6-10)15-13(18)5-12-9(3)16-19-17-12/h4,6-8H,5H2,1-3H3,(H,15,18). The van der Waals surface area contributed by atoms with Gasteiger partial charge in [-0.1, -0.05) is 24.2 Å². The third-order valence-corrected chi connectivity index (χ3v) is 2.78. The van der Waals surface area contributed by atoms with Gasteiger partial charge in [0.25, 0.3) is 0 Å². The number of nitrogens with zero attached hydrogens (tertiary/aromatic N) is 3. The SMILES string of the molecule is Cc1nonc1CC(=O)Nc1cncc(C(C)C)c1. The molecule has 2 aromatic heterocycles. The molecule has 0 saturated carbocycles. The Morgan fingerprint density at radius 3 is 2.79 bits per heavy atom. The van der Waals surface area contributed by atoms with Crippen molar-refractivity contribution in [1.82, 2.24) is 15.3 Å². The number of anilines is 1. The van der Waals surface area contributed by atoms with E-state index in [9.17, 15) is 4.79 Å². The van der Waals surface area contributed by atoms with Gasteiger partial charge in [0.2, 0.25) is 5.91 Å². The number of aryl methyl sites for hydroxylation is 1. The maximum Gasteiger partial charge on any atom is 0.230 e. The van der Waals surface area contributed by atoms with Crippen LogP contribution in [0.1, 0.15) is 36.7 Å². The predicted molar refractivity (Wildman–Crippen MR) is 69.7 cm³/mol. The van der Waals surface area contributed by atoms with Gasteiger partial charge in [-0.05, 0) is 24.5 Å². The number of carbonyl (C=O) groups excluding carboxylic acids is 1. The number of hydrogen-bond donors (Lipinski definition) is 1. The summed E-state index contributed by atoms with van der Waals surface area (Å²) in [4.78, 5) is 16.0. The van der Waals surface area contributed by atoms with Gasteiger partial charge in [-0.15, -0.1) is 0 Å². The van der Waals surface area contributed by atoms with Gasteiger partial charge in [0.05, 0.1) is 18.3 Å². The molecule has 6 nitrogen and oxygen atoms in total. The maximum absolute atomic E-state index is 11.9. The zero-order chi connectivity index (χ0) is 13.8. The van der Waals surface area contributed by atoms with Crippen LogP contribution < -0.4 is 5.32 Å². The van der Waals surface area contributed by atoms with Crippen LogP contribution in [-0.2, 0) is 11.2 Å². The fourth-order valence-corrected chi connectivity index (χ4v) is 1.61. The van der Waals surface area contributed by atoms with E-state index in [1.54, 1.807) is 19.3 Å². The highest BCUT2D eigenvalue weighted by molar-refractivity contribution is 5.92. The van der Waals surface area contributed by atoms with Gasteiger partial charge in [-0.2, -0.15) is 0 Å². The molecule has 2 aromatic rings. The number of carbonyl (C=O) groups is 1. The number of hydrogen-bond acceptors (Lipinski definition) is 5. The first-order valence-corrected chi connectivity index (χ1v) is 6.09. The second kappa shape index (κ2) is 5.60. The maximum atomic E-state index is 11.9.